The largest absolute Gasteiger partial charge is 0.236 e. The summed E-state index contributed by atoms with van der Waals surface area (Å²) in [6.07, 6.45) is 0.468. The highest BCUT2D eigenvalue weighted by Crippen LogP contribution is 2.20. The third-order valence-corrected chi connectivity index (χ3v) is 1.97. The van der Waals surface area contributed by atoms with Crippen molar-refractivity contribution in [3.05, 3.63) is 33.8 Å². The van der Waals surface area contributed by atoms with Crippen molar-refractivity contribution < 1.29 is 5.11 Å². The highest BCUT2D eigenvalue weighted by atomic mass is 35.5. The van der Waals surface area contributed by atoms with Crippen molar-refractivity contribution in [2.75, 3.05) is 6.61 Å². The molecule has 3 heteroatoms. The Hall–Kier alpha value is -0.240. The zero-order valence-electron chi connectivity index (χ0n) is 5.81. The maximum absolute atomic E-state index is 10.2. The second-order valence-corrected chi connectivity index (χ2v) is 3.03. The Bertz CT molecular complexity index is 248. The van der Waals surface area contributed by atoms with Gasteiger partial charge in [-0.3, -0.25) is 0 Å². The molecule has 0 aliphatic heterocycles. The van der Waals surface area contributed by atoms with Crippen LogP contribution in [0.25, 0.3) is 0 Å². The molecule has 1 aromatic carbocycles. The molecule has 0 heterocycles. The van der Waals surface area contributed by atoms with Crippen LogP contribution in [0.4, 0.5) is 0 Å². The van der Waals surface area contributed by atoms with Gasteiger partial charge < -0.3 is 0 Å². The van der Waals surface area contributed by atoms with Crippen molar-refractivity contribution in [3.63, 3.8) is 0 Å². The van der Waals surface area contributed by atoms with Crippen LogP contribution in [0.15, 0.2) is 18.2 Å². The molecule has 11 heavy (non-hydrogen) atoms. The summed E-state index contributed by atoms with van der Waals surface area (Å²) in [5.74, 6) is 0. The quantitative estimate of drug-likeness (QED) is 0.683. The van der Waals surface area contributed by atoms with E-state index in [1.807, 2.05) is 0 Å². The van der Waals surface area contributed by atoms with Crippen LogP contribution < -0.4 is 0 Å². The summed E-state index contributed by atoms with van der Waals surface area (Å²) < 4.78 is 0. The minimum Gasteiger partial charge on any atom is -0.236 e. The van der Waals surface area contributed by atoms with Crippen molar-refractivity contribution in [2.45, 2.75) is 6.42 Å². The van der Waals surface area contributed by atoms with E-state index in [4.69, 9.17) is 23.2 Å². The van der Waals surface area contributed by atoms with Crippen molar-refractivity contribution in [3.8, 4) is 0 Å². The molecule has 0 unspecified atom stereocenters. The molecule has 0 saturated carbocycles. The van der Waals surface area contributed by atoms with E-state index in [0.717, 1.165) is 5.56 Å². The summed E-state index contributed by atoms with van der Waals surface area (Å²) in [5.41, 5.74) is 0.867. The fourth-order valence-corrected chi connectivity index (χ4v) is 1.34. The molecule has 0 amide bonds. The zero-order valence-corrected chi connectivity index (χ0v) is 7.32. The first-order valence-electron chi connectivity index (χ1n) is 3.26. The number of hydrogen-bond donors (Lipinski definition) is 0. The van der Waals surface area contributed by atoms with Gasteiger partial charge in [-0.1, -0.05) is 29.3 Å². The standard InChI is InChI=1S/C8H7Cl2O/c9-7-2-1-6(3-4-11)8(10)5-7/h1-2,5H,3-4H2. The Kier molecular flexibility index (Phi) is 3.18. The Balaban J connectivity index is 2.90. The van der Waals surface area contributed by atoms with E-state index in [-0.39, 0.29) is 6.61 Å². The van der Waals surface area contributed by atoms with Gasteiger partial charge in [-0.05, 0) is 17.7 Å². The predicted molar refractivity (Wildman–Crippen MR) is 45.7 cm³/mol. The first-order valence-corrected chi connectivity index (χ1v) is 4.01. The van der Waals surface area contributed by atoms with Gasteiger partial charge in [0, 0.05) is 16.5 Å². The molecule has 0 saturated heterocycles. The first-order chi connectivity index (χ1) is 5.24. The zero-order chi connectivity index (χ0) is 8.27. The molecule has 0 aromatic heterocycles. The Morgan fingerprint density at radius 2 is 2.00 bits per heavy atom. The lowest BCUT2D eigenvalue weighted by molar-refractivity contribution is 0.197. The molecule has 0 N–H and O–H groups in total. The van der Waals surface area contributed by atoms with Gasteiger partial charge in [0.05, 0.1) is 6.61 Å². The fraction of sp³-hybridized carbons (Fsp3) is 0.250. The molecular weight excluding hydrogens is 183 g/mol. The van der Waals surface area contributed by atoms with Gasteiger partial charge >= 0.3 is 0 Å². The molecule has 1 aromatic rings. The summed E-state index contributed by atoms with van der Waals surface area (Å²) in [6, 6.07) is 5.16. The molecule has 0 spiro atoms. The van der Waals surface area contributed by atoms with Crippen molar-refractivity contribution in [2.24, 2.45) is 0 Å². The molecule has 0 atom stereocenters. The maximum Gasteiger partial charge on any atom is 0.0863 e. The minimum absolute atomic E-state index is 0.138. The van der Waals surface area contributed by atoms with Gasteiger partial charge in [0.15, 0.2) is 0 Å². The van der Waals surface area contributed by atoms with E-state index in [1.165, 1.54) is 0 Å². The molecule has 1 radical (unpaired) electrons. The van der Waals surface area contributed by atoms with E-state index in [1.54, 1.807) is 18.2 Å². The number of benzene rings is 1. The fourth-order valence-electron chi connectivity index (χ4n) is 0.834. The summed E-state index contributed by atoms with van der Waals surface area (Å²) in [6.45, 7) is -0.138. The lowest BCUT2D eigenvalue weighted by atomic mass is 10.2. The van der Waals surface area contributed by atoms with Crippen LogP contribution in [-0.2, 0) is 11.5 Å². The highest BCUT2D eigenvalue weighted by molar-refractivity contribution is 6.35. The Morgan fingerprint density at radius 1 is 1.27 bits per heavy atom. The molecule has 0 aliphatic rings. The number of halogens is 2. The van der Waals surface area contributed by atoms with Gasteiger partial charge in [-0.15, -0.1) is 0 Å². The number of hydrogen-bond acceptors (Lipinski definition) is 0. The van der Waals surface area contributed by atoms with Gasteiger partial charge in [0.1, 0.15) is 0 Å². The van der Waals surface area contributed by atoms with Crippen molar-refractivity contribution in [1.29, 1.82) is 0 Å². The van der Waals surface area contributed by atoms with Gasteiger partial charge in [-0.25, -0.2) is 5.11 Å². The van der Waals surface area contributed by atoms with Crippen molar-refractivity contribution >= 4 is 23.2 Å². The van der Waals surface area contributed by atoms with E-state index in [2.05, 4.69) is 0 Å². The Morgan fingerprint density at radius 3 is 2.55 bits per heavy atom. The lowest BCUT2D eigenvalue weighted by Gasteiger charge is -2.00. The van der Waals surface area contributed by atoms with Crippen molar-refractivity contribution in [1.82, 2.24) is 0 Å². The molecular formula is C8H7Cl2O. The summed E-state index contributed by atoms with van der Waals surface area (Å²) in [5, 5.41) is 11.4. The monoisotopic (exact) mass is 189 g/mol. The lowest BCUT2D eigenvalue weighted by Crippen LogP contribution is -1.89. The average molecular weight is 190 g/mol. The van der Waals surface area contributed by atoms with Crippen LogP contribution in [0.1, 0.15) is 5.56 Å². The first kappa shape index (κ1) is 8.85. The highest BCUT2D eigenvalue weighted by Gasteiger charge is 1.99. The SMILES string of the molecule is [O]CCc1ccc(Cl)cc1Cl. The molecule has 0 fully saturated rings. The van der Waals surface area contributed by atoms with Crippen LogP contribution in [0.5, 0.6) is 0 Å². The minimum atomic E-state index is -0.138. The van der Waals surface area contributed by atoms with Gasteiger partial charge in [0.2, 0.25) is 0 Å². The molecule has 59 valence electrons. The summed E-state index contributed by atoms with van der Waals surface area (Å²) in [4.78, 5) is 0. The van der Waals surface area contributed by atoms with Crippen LogP contribution in [-0.4, -0.2) is 6.61 Å². The van der Waals surface area contributed by atoms with Crippen LogP contribution in [0, 0.1) is 0 Å². The summed E-state index contributed by atoms with van der Waals surface area (Å²) in [7, 11) is 0. The molecule has 1 rings (SSSR count). The van der Waals surface area contributed by atoms with E-state index in [9.17, 15) is 5.11 Å². The van der Waals surface area contributed by atoms with E-state index in [0.29, 0.717) is 16.5 Å². The average Bonchev–Trinajstić information content (AvgIpc) is 1.95. The third-order valence-electron chi connectivity index (χ3n) is 1.39. The van der Waals surface area contributed by atoms with E-state index < -0.39 is 0 Å². The Labute approximate surface area is 75.6 Å². The number of rotatable bonds is 2. The normalized spacial score (nSPS) is 10.1. The molecule has 1 nitrogen and oxygen atoms in total. The third kappa shape index (κ3) is 2.37. The van der Waals surface area contributed by atoms with E-state index >= 15 is 0 Å². The van der Waals surface area contributed by atoms with Crippen LogP contribution in [0.3, 0.4) is 0 Å². The second kappa shape index (κ2) is 3.96. The maximum atomic E-state index is 10.2. The molecule has 0 aliphatic carbocycles. The van der Waals surface area contributed by atoms with Gasteiger partial charge in [0.25, 0.3) is 0 Å². The second-order valence-electron chi connectivity index (χ2n) is 2.19. The smallest absolute Gasteiger partial charge is 0.0863 e. The molecule has 0 bridgehead atoms. The predicted octanol–water partition coefficient (Wildman–Crippen LogP) is 2.97. The summed E-state index contributed by atoms with van der Waals surface area (Å²) >= 11 is 11.4. The van der Waals surface area contributed by atoms with Crippen LogP contribution >= 0.6 is 23.2 Å². The van der Waals surface area contributed by atoms with Gasteiger partial charge in [-0.2, -0.15) is 0 Å². The topological polar surface area (TPSA) is 19.9 Å². The van der Waals surface area contributed by atoms with Crippen LogP contribution in [0.2, 0.25) is 10.0 Å².